The zero-order chi connectivity index (χ0) is 21.4. The Morgan fingerprint density at radius 2 is 1.77 bits per heavy atom. The van der Waals surface area contributed by atoms with Crippen LogP contribution in [0.4, 0.5) is 19.1 Å². The molecule has 3 aromatic rings. The lowest BCUT2D eigenvalue weighted by atomic mass is 10.1. The number of thiazole rings is 1. The highest BCUT2D eigenvalue weighted by molar-refractivity contribution is 7.98. The number of aromatic nitrogens is 4. The average molecular weight is 466 g/mol. The Balaban J connectivity index is 1.28. The first-order chi connectivity index (χ1) is 15.0. The molecule has 0 radical (unpaired) electrons. The molecular weight excluding hydrogens is 443 g/mol. The van der Waals surface area contributed by atoms with Crippen LogP contribution in [0, 0.1) is 0 Å². The van der Waals surface area contributed by atoms with Crippen LogP contribution in [-0.4, -0.2) is 32.8 Å². The molecule has 2 aliphatic rings. The van der Waals surface area contributed by atoms with Crippen molar-refractivity contribution in [2.45, 2.75) is 55.2 Å². The maximum Gasteiger partial charge on any atom is 0.416 e. The minimum Gasteiger partial charge on any atom is -0.341 e. The van der Waals surface area contributed by atoms with E-state index in [0.717, 1.165) is 47.0 Å². The van der Waals surface area contributed by atoms with Crippen molar-refractivity contribution in [3.8, 4) is 10.6 Å². The summed E-state index contributed by atoms with van der Waals surface area (Å²) in [5.74, 6) is 1.65. The molecule has 1 aliphatic carbocycles. The summed E-state index contributed by atoms with van der Waals surface area (Å²) in [5.41, 5.74) is 0.949. The fourth-order valence-corrected chi connectivity index (χ4v) is 5.60. The summed E-state index contributed by atoms with van der Waals surface area (Å²) in [6.45, 7) is 2.08. The average Bonchev–Trinajstić information content (AvgIpc) is 3.34. The Kier molecular flexibility index (Phi) is 5.68. The smallest absolute Gasteiger partial charge is 0.341 e. The number of piperidine rings is 1. The molecule has 3 heterocycles. The Bertz CT molecular complexity index is 1030. The lowest BCUT2D eigenvalue weighted by molar-refractivity contribution is -0.137. The molecule has 1 aliphatic heterocycles. The molecule has 164 valence electrons. The summed E-state index contributed by atoms with van der Waals surface area (Å²) in [7, 11) is 0. The van der Waals surface area contributed by atoms with Gasteiger partial charge in [-0.3, -0.25) is 4.57 Å². The van der Waals surface area contributed by atoms with Gasteiger partial charge in [-0.15, -0.1) is 21.5 Å². The molecule has 0 atom stereocenters. The number of thioether (sulfide) groups is 1. The number of rotatable bonds is 6. The van der Waals surface area contributed by atoms with E-state index in [2.05, 4.69) is 24.6 Å². The van der Waals surface area contributed by atoms with E-state index in [1.54, 1.807) is 11.8 Å². The van der Waals surface area contributed by atoms with Gasteiger partial charge < -0.3 is 4.90 Å². The van der Waals surface area contributed by atoms with Gasteiger partial charge in [0, 0.05) is 35.8 Å². The molecule has 0 amide bonds. The molecule has 0 N–H and O–H groups in total. The first kappa shape index (κ1) is 20.8. The van der Waals surface area contributed by atoms with E-state index in [-0.39, 0.29) is 0 Å². The van der Waals surface area contributed by atoms with Crippen molar-refractivity contribution in [3.63, 3.8) is 0 Å². The standard InChI is InChI=1S/C21H22F3N5S2/c22-21(23,24)15-6-4-14(5-7-15)18-25-16(12-30-18)13-31-20-27-26-19(29(20)17-8-9-17)28-10-2-1-3-11-28/h4-7,12,17H,1-3,8-11,13H2. The fraction of sp³-hybridized carbons (Fsp3) is 0.476. The van der Waals surface area contributed by atoms with Crippen LogP contribution in [-0.2, 0) is 11.9 Å². The normalized spacial score (nSPS) is 17.3. The predicted molar refractivity (Wildman–Crippen MR) is 116 cm³/mol. The van der Waals surface area contributed by atoms with Crippen LogP contribution in [0.15, 0.2) is 34.8 Å². The highest BCUT2D eigenvalue weighted by Gasteiger charge is 2.32. The molecule has 0 bridgehead atoms. The summed E-state index contributed by atoms with van der Waals surface area (Å²) in [6.07, 6.45) is 1.69. The Labute approximate surface area is 186 Å². The Morgan fingerprint density at radius 1 is 1.03 bits per heavy atom. The summed E-state index contributed by atoms with van der Waals surface area (Å²) in [4.78, 5) is 6.97. The largest absolute Gasteiger partial charge is 0.416 e. The van der Waals surface area contributed by atoms with Crippen molar-refractivity contribution < 1.29 is 13.2 Å². The quantitative estimate of drug-likeness (QED) is 0.416. The van der Waals surface area contributed by atoms with Crippen LogP contribution in [0.2, 0.25) is 0 Å². The maximum absolute atomic E-state index is 12.8. The molecule has 1 saturated heterocycles. The van der Waals surface area contributed by atoms with E-state index in [9.17, 15) is 13.2 Å². The van der Waals surface area contributed by atoms with Gasteiger partial charge in [0.25, 0.3) is 0 Å². The molecule has 5 rings (SSSR count). The number of hydrogen-bond donors (Lipinski definition) is 0. The molecule has 0 unspecified atom stereocenters. The molecule has 0 spiro atoms. The number of benzene rings is 1. The first-order valence-corrected chi connectivity index (χ1v) is 12.3. The van der Waals surface area contributed by atoms with E-state index < -0.39 is 11.7 Å². The number of nitrogens with zero attached hydrogens (tertiary/aromatic N) is 5. The van der Waals surface area contributed by atoms with Crippen LogP contribution in [0.5, 0.6) is 0 Å². The summed E-state index contributed by atoms with van der Waals surface area (Å²) in [5, 5.41) is 12.6. The molecule has 2 aromatic heterocycles. The summed E-state index contributed by atoms with van der Waals surface area (Å²) < 4.78 is 40.6. The molecule has 2 fully saturated rings. The van der Waals surface area contributed by atoms with Crippen LogP contribution in [0.1, 0.15) is 49.4 Å². The summed E-state index contributed by atoms with van der Waals surface area (Å²) >= 11 is 3.07. The number of alkyl halides is 3. The van der Waals surface area contributed by atoms with Crippen molar-refractivity contribution in [2.75, 3.05) is 18.0 Å². The lowest BCUT2D eigenvalue weighted by Crippen LogP contribution is -2.31. The van der Waals surface area contributed by atoms with Crippen molar-refractivity contribution in [1.29, 1.82) is 0 Å². The van der Waals surface area contributed by atoms with Gasteiger partial charge in [0.2, 0.25) is 5.95 Å². The van der Waals surface area contributed by atoms with Gasteiger partial charge in [0.05, 0.1) is 11.3 Å². The zero-order valence-corrected chi connectivity index (χ0v) is 18.4. The van der Waals surface area contributed by atoms with Gasteiger partial charge in [-0.25, -0.2) is 4.98 Å². The third kappa shape index (κ3) is 4.59. The monoisotopic (exact) mass is 465 g/mol. The number of hydrogen-bond acceptors (Lipinski definition) is 6. The SMILES string of the molecule is FC(F)(F)c1ccc(-c2nc(CSc3nnc(N4CCCCC4)n3C3CC3)cs2)cc1. The second-order valence-corrected chi connectivity index (χ2v) is 9.74. The van der Waals surface area contributed by atoms with Crippen LogP contribution in [0.25, 0.3) is 10.6 Å². The summed E-state index contributed by atoms with van der Waals surface area (Å²) in [6, 6.07) is 5.66. The van der Waals surface area contributed by atoms with Gasteiger partial charge >= 0.3 is 6.18 Å². The molecule has 1 aromatic carbocycles. The second-order valence-electron chi connectivity index (χ2n) is 7.94. The van der Waals surface area contributed by atoms with E-state index in [4.69, 9.17) is 0 Å². The van der Waals surface area contributed by atoms with E-state index in [1.165, 1.54) is 55.6 Å². The van der Waals surface area contributed by atoms with Gasteiger partial charge in [-0.05, 0) is 44.2 Å². The maximum atomic E-state index is 12.8. The minimum absolute atomic E-state index is 0.493. The molecular formula is C21H22F3N5S2. The van der Waals surface area contributed by atoms with Crippen LogP contribution < -0.4 is 4.90 Å². The minimum atomic E-state index is -4.33. The fourth-order valence-electron chi connectivity index (χ4n) is 3.78. The van der Waals surface area contributed by atoms with Gasteiger partial charge in [-0.2, -0.15) is 13.2 Å². The lowest BCUT2D eigenvalue weighted by Gasteiger charge is -2.27. The second kappa shape index (κ2) is 8.46. The van der Waals surface area contributed by atoms with Crippen LogP contribution >= 0.6 is 23.1 Å². The molecule has 31 heavy (non-hydrogen) atoms. The van der Waals surface area contributed by atoms with E-state index in [0.29, 0.717) is 17.4 Å². The van der Waals surface area contributed by atoms with Crippen LogP contribution in [0.3, 0.4) is 0 Å². The Hall–Kier alpha value is -2.07. The third-order valence-electron chi connectivity index (χ3n) is 5.56. The zero-order valence-electron chi connectivity index (χ0n) is 16.8. The molecule has 10 heteroatoms. The highest BCUT2D eigenvalue weighted by Crippen LogP contribution is 2.42. The molecule has 5 nitrogen and oxygen atoms in total. The van der Waals surface area contributed by atoms with Gasteiger partial charge in [0.1, 0.15) is 5.01 Å². The van der Waals surface area contributed by atoms with E-state index >= 15 is 0 Å². The van der Waals surface area contributed by atoms with Gasteiger partial charge in [0.15, 0.2) is 5.16 Å². The molecule has 1 saturated carbocycles. The first-order valence-electron chi connectivity index (χ1n) is 10.4. The predicted octanol–water partition coefficient (Wildman–Crippen LogP) is 6.04. The highest BCUT2D eigenvalue weighted by atomic mass is 32.2. The van der Waals surface area contributed by atoms with Crippen molar-refractivity contribution in [3.05, 3.63) is 40.9 Å². The topological polar surface area (TPSA) is 46.8 Å². The van der Waals surface area contributed by atoms with Crippen molar-refractivity contribution >= 4 is 29.0 Å². The van der Waals surface area contributed by atoms with Crippen molar-refractivity contribution in [2.24, 2.45) is 0 Å². The third-order valence-corrected chi connectivity index (χ3v) is 7.47. The number of anilines is 1. The van der Waals surface area contributed by atoms with Gasteiger partial charge in [-0.1, -0.05) is 23.9 Å². The van der Waals surface area contributed by atoms with Crippen molar-refractivity contribution in [1.82, 2.24) is 19.7 Å². The Morgan fingerprint density at radius 3 is 2.45 bits per heavy atom. The van der Waals surface area contributed by atoms with E-state index in [1.807, 2.05) is 5.38 Å². The number of halogens is 3.